The van der Waals surface area contributed by atoms with Crippen LogP contribution in [0.2, 0.25) is 0 Å². The van der Waals surface area contributed by atoms with Gasteiger partial charge in [-0.1, -0.05) is 18.2 Å². The number of likely N-dealkylation sites (tertiary alicyclic amines) is 1. The van der Waals surface area contributed by atoms with Crippen molar-refractivity contribution < 1.29 is 9.90 Å². The van der Waals surface area contributed by atoms with Crippen molar-refractivity contribution in [2.75, 3.05) is 0 Å². The lowest BCUT2D eigenvalue weighted by molar-refractivity contribution is 0.0696. The first-order valence-corrected chi connectivity index (χ1v) is 10.2. The monoisotopic (exact) mass is 374 g/mol. The largest absolute Gasteiger partial charge is 0.478 e. The van der Waals surface area contributed by atoms with Crippen molar-refractivity contribution in [3.63, 3.8) is 0 Å². The fraction of sp³-hybridized carbons (Fsp3) is 0.375. The molecule has 4 nitrogen and oxygen atoms in total. The number of benzene rings is 2. The van der Waals surface area contributed by atoms with Crippen LogP contribution in [0.1, 0.15) is 57.9 Å². The van der Waals surface area contributed by atoms with E-state index in [4.69, 9.17) is 0 Å². The van der Waals surface area contributed by atoms with Gasteiger partial charge in [0.05, 0.1) is 5.56 Å². The van der Waals surface area contributed by atoms with Crippen molar-refractivity contribution in [2.45, 2.75) is 51.7 Å². The molecule has 4 heteroatoms. The zero-order chi connectivity index (χ0) is 19.4. The smallest absolute Gasteiger partial charge is 0.335 e. The number of fused-ring (bicyclic) bond motifs is 3. The van der Waals surface area contributed by atoms with E-state index in [-0.39, 0.29) is 0 Å². The van der Waals surface area contributed by atoms with E-state index in [1.807, 2.05) is 18.3 Å². The van der Waals surface area contributed by atoms with Gasteiger partial charge in [-0.2, -0.15) is 0 Å². The molecule has 2 fully saturated rings. The lowest BCUT2D eigenvalue weighted by atomic mass is 9.90. The summed E-state index contributed by atoms with van der Waals surface area (Å²) in [5.74, 6) is -0.186. The molecule has 3 aromatic rings. The molecule has 28 heavy (non-hydrogen) atoms. The topological polar surface area (TPSA) is 56.3 Å². The van der Waals surface area contributed by atoms with Crippen LogP contribution in [-0.4, -0.2) is 27.0 Å². The quantitative estimate of drug-likeness (QED) is 0.659. The molecule has 0 spiro atoms. The van der Waals surface area contributed by atoms with Crippen LogP contribution in [0.3, 0.4) is 0 Å². The Morgan fingerprint density at radius 2 is 1.93 bits per heavy atom. The Morgan fingerprint density at radius 1 is 1.14 bits per heavy atom. The Hall–Kier alpha value is -2.59. The van der Waals surface area contributed by atoms with Crippen molar-refractivity contribution in [1.29, 1.82) is 0 Å². The molecule has 1 saturated carbocycles. The third kappa shape index (κ3) is 2.67. The normalized spacial score (nSPS) is 24.3. The Labute approximate surface area is 165 Å². The van der Waals surface area contributed by atoms with Gasteiger partial charge >= 0.3 is 5.97 Å². The minimum atomic E-state index is -0.860. The number of aromatic carboxylic acids is 1. The summed E-state index contributed by atoms with van der Waals surface area (Å²) in [7, 11) is 0. The fourth-order valence-electron chi connectivity index (χ4n) is 5.63. The number of aromatic amines is 1. The Kier molecular flexibility index (Phi) is 4.06. The number of hydrogen-bond acceptors (Lipinski definition) is 2. The third-order valence-electron chi connectivity index (χ3n) is 6.93. The minimum Gasteiger partial charge on any atom is -0.478 e. The highest BCUT2D eigenvalue weighted by Crippen LogP contribution is 2.51. The molecule has 3 unspecified atom stereocenters. The summed E-state index contributed by atoms with van der Waals surface area (Å²) in [6.45, 7) is 5.34. The minimum absolute atomic E-state index is 0.363. The molecule has 1 aliphatic heterocycles. The number of carboxylic acid groups (broad SMARTS) is 1. The number of nitrogens with one attached hydrogen (secondary N) is 1. The summed E-state index contributed by atoms with van der Waals surface area (Å²) >= 11 is 0. The van der Waals surface area contributed by atoms with Crippen LogP contribution < -0.4 is 0 Å². The van der Waals surface area contributed by atoms with Gasteiger partial charge in [-0.25, -0.2) is 4.79 Å². The highest BCUT2D eigenvalue weighted by molar-refractivity contribution is 5.88. The first-order valence-electron chi connectivity index (χ1n) is 10.2. The van der Waals surface area contributed by atoms with Gasteiger partial charge in [-0.05, 0) is 79.5 Å². The van der Waals surface area contributed by atoms with Crippen molar-refractivity contribution in [1.82, 2.24) is 9.88 Å². The summed E-state index contributed by atoms with van der Waals surface area (Å²) in [6, 6.07) is 13.1. The highest BCUT2D eigenvalue weighted by Gasteiger charge is 2.46. The van der Waals surface area contributed by atoms with Crippen LogP contribution >= 0.6 is 0 Å². The van der Waals surface area contributed by atoms with Gasteiger partial charge in [0.15, 0.2) is 0 Å². The first kappa shape index (κ1) is 17.5. The lowest BCUT2D eigenvalue weighted by Crippen LogP contribution is -2.35. The molecule has 0 radical (unpaired) electrons. The van der Waals surface area contributed by atoms with Crippen LogP contribution in [0.4, 0.5) is 0 Å². The maximum atomic E-state index is 11.2. The van der Waals surface area contributed by atoms with E-state index >= 15 is 0 Å². The van der Waals surface area contributed by atoms with Crippen LogP contribution in [0.5, 0.6) is 0 Å². The van der Waals surface area contributed by atoms with Gasteiger partial charge in [0.1, 0.15) is 0 Å². The van der Waals surface area contributed by atoms with Gasteiger partial charge in [-0.3, -0.25) is 4.90 Å². The molecule has 2 aromatic carbocycles. The zero-order valence-electron chi connectivity index (χ0n) is 16.4. The maximum Gasteiger partial charge on any atom is 0.335 e. The number of carbonyl (C=O) groups is 1. The summed E-state index contributed by atoms with van der Waals surface area (Å²) in [6.07, 6.45) is 5.85. The predicted molar refractivity (Wildman–Crippen MR) is 111 cm³/mol. The number of aromatic nitrogens is 1. The Bertz CT molecular complexity index is 1050. The Balaban J connectivity index is 1.52. The lowest BCUT2D eigenvalue weighted by Gasteiger charge is -2.36. The number of hydrogen-bond donors (Lipinski definition) is 2. The van der Waals surface area contributed by atoms with Crippen molar-refractivity contribution >= 4 is 16.9 Å². The SMILES string of the molecule is Cc1cc(C)c2[nH]ccc2c1CN1C2CCC(C2)C1c1ccc(C(=O)O)cc1. The molecule has 144 valence electrons. The number of H-pyrrole nitrogens is 1. The summed E-state index contributed by atoms with van der Waals surface area (Å²) in [4.78, 5) is 17.3. The van der Waals surface area contributed by atoms with Crippen LogP contribution in [0.25, 0.3) is 10.9 Å². The van der Waals surface area contributed by atoms with E-state index in [2.05, 4.69) is 35.9 Å². The van der Waals surface area contributed by atoms with Gasteiger partial charge < -0.3 is 10.1 Å². The van der Waals surface area contributed by atoms with Gasteiger partial charge in [0, 0.05) is 35.7 Å². The number of aryl methyl sites for hydroxylation is 2. The van der Waals surface area contributed by atoms with Crippen molar-refractivity contribution in [3.05, 3.63) is 70.4 Å². The molecular weight excluding hydrogens is 348 g/mol. The fourth-order valence-corrected chi connectivity index (χ4v) is 5.63. The summed E-state index contributed by atoms with van der Waals surface area (Å²) in [5, 5.41) is 10.5. The average Bonchev–Trinajstić information content (AvgIpc) is 3.41. The second kappa shape index (κ2) is 6.49. The zero-order valence-corrected chi connectivity index (χ0v) is 16.4. The van der Waals surface area contributed by atoms with E-state index < -0.39 is 5.97 Å². The molecule has 2 aliphatic rings. The van der Waals surface area contributed by atoms with Crippen LogP contribution in [0, 0.1) is 19.8 Å². The number of piperidine rings is 1. The summed E-state index contributed by atoms with van der Waals surface area (Å²) in [5.41, 5.74) is 6.93. The molecule has 0 amide bonds. The maximum absolute atomic E-state index is 11.2. The molecule has 1 saturated heterocycles. The highest BCUT2D eigenvalue weighted by atomic mass is 16.4. The molecule has 2 N–H and O–H groups in total. The van der Waals surface area contributed by atoms with Gasteiger partial charge in [0.2, 0.25) is 0 Å². The van der Waals surface area contributed by atoms with E-state index in [9.17, 15) is 9.90 Å². The predicted octanol–water partition coefficient (Wildman–Crippen LogP) is 5.21. The van der Waals surface area contributed by atoms with E-state index in [0.29, 0.717) is 23.6 Å². The number of nitrogens with zero attached hydrogens (tertiary/aromatic N) is 1. The molecule has 1 aliphatic carbocycles. The number of rotatable bonds is 4. The van der Waals surface area contributed by atoms with Crippen molar-refractivity contribution in [3.8, 4) is 0 Å². The van der Waals surface area contributed by atoms with Crippen LogP contribution in [0.15, 0.2) is 42.6 Å². The third-order valence-corrected chi connectivity index (χ3v) is 6.93. The second-order valence-electron chi connectivity index (χ2n) is 8.53. The molecule has 3 atom stereocenters. The average molecular weight is 374 g/mol. The molecule has 2 bridgehead atoms. The molecule has 2 heterocycles. The number of carboxylic acids is 1. The van der Waals surface area contributed by atoms with E-state index in [1.165, 1.54) is 52.4 Å². The second-order valence-corrected chi connectivity index (χ2v) is 8.53. The van der Waals surface area contributed by atoms with Crippen molar-refractivity contribution in [2.24, 2.45) is 5.92 Å². The standard InChI is InChI=1S/C24H26N2O2/c1-14-11-15(2)22-20(9-10-25-22)21(14)13-26-19-8-7-18(12-19)23(26)16-3-5-17(6-4-16)24(27)28/h3-6,9-11,18-19,23,25H,7-8,12-13H2,1-2H3,(H,27,28). The van der Waals surface area contributed by atoms with E-state index in [0.717, 1.165) is 6.54 Å². The van der Waals surface area contributed by atoms with E-state index in [1.54, 1.807) is 12.1 Å². The first-order chi connectivity index (χ1) is 13.5. The molecule has 5 rings (SSSR count). The van der Waals surface area contributed by atoms with Crippen LogP contribution in [-0.2, 0) is 6.54 Å². The molecule has 1 aromatic heterocycles. The Morgan fingerprint density at radius 3 is 2.68 bits per heavy atom. The van der Waals surface area contributed by atoms with Gasteiger partial charge in [0.25, 0.3) is 0 Å². The van der Waals surface area contributed by atoms with Gasteiger partial charge in [-0.15, -0.1) is 0 Å². The molecular formula is C24H26N2O2. The summed E-state index contributed by atoms with van der Waals surface area (Å²) < 4.78 is 0.